The largest absolute Gasteiger partial charge is 0.490 e. The summed E-state index contributed by atoms with van der Waals surface area (Å²) in [6, 6.07) is 16.6. The summed E-state index contributed by atoms with van der Waals surface area (Å²) >= 11 is 0. The first-order valence-corrected chi connectivity index (χ1v) is 10.1. The van der Waals surface area contributed by atoms with E-state index in [0.29, 0.717) is 23.7 Å². The molecule has 2 aliphatic rings. The van der Waals surface area contributed by atoms with E-state index in [-0.39, 0.29) is 18.2 Å². The summed E-state index contributed by atoms with van der Waals surface area (Å²) < 4.78 is 12.3. The molecule has 2 N–H and O–H groups in total. The molecule has 5 nitrogen and oxygen atoms in total. The van der Waals surface area contributed by atoms with Gasteiger partial charge >= 0.3 is 0 Å². The Labute approximate surface area is 166 Å². The third-order valence-corrected chi connectivity index (χ3v) is 5.73. The van der Waals surface area contributed by atoms with Crippen molar-refractivity contribution in [3.8, 4) is 17.6 Å². The number of nitriles is 1. The van der Waals surface area contributed by atoms with Crippen LogP contribution in [0.1, 0.15) is 42.6 Å². The van der Waals surface area contributed by atoms with Crippen LogP contribution in [-0.4, -0.2) is 36.7 Å². The second-order valence-corrected chi connectivity index (χ2v) is 7.61. The lowest BCUT2D eigenvalue weighted by molar-refractivity contribution is 0.0574. The number of nitrogens with zero attached hydrogens (tertiary/aromatic N) is 2. The number of hydrogen-bond acceptors (Lipinski definition) is 5. The molecule has 5 heteroatoms. The van der Waals surface area contributed by atoms with Crippen LogP contribution in [0.25, 0.3) is 0 Å². The molecule has 0 radical (unpaired) electrons. The van der Waals surface area contributed by atoms with Gasteiger partial charge in [-0.1, -0.05) is 24.3 Å². The predicted octanol–water partition coefficient (Wildman–Crippen LogP) is 3.42. The number of benzene rings is 2. The van der Waals surface area contributed by atoms with Crippen molar-refractivity contribution < 1.29 is 9.47 Å². The zero-order valence-corrected chi connectivity index (χ0v) is 16.3. The second-order valence-electron chi connectivity index (χ2n) is 7.61. The van der Waals surface area contributed by atoms with Crippen LogP contribution in [0.2, 0.25) is 0 Å². The van der Waals surface area contributed by atoms with E-state index >= 15 is 0 Å². The molecule has 1 unspecified atom stereocenters. The maximum atomic E-state index is 9.21. The average molecular weight is 377 g/mol. The third-order valence-electron chi connectivity index (χ3n) is 5.73. The van der Waals surface area contributed by atoms with Gasteiger partial charge in [0, 0.05) is 18.7 Å². The van der Waals surface area contributed by atoms with E-state index in [1.807, 2.05) is 13.0 Å². The molecule has 0 saturated carbocycles. The molecule has 2 aromatic rings. The highest BCUT2D eigenvalue weighted by Gasteiger charge is 2.39. The number of piperidine rings is 1. The molecule has 146 valence electrons. The van der Waals surface area contributed by atoms with Gasteiger partial charge in [-0.25, -0.2) is 0 Å². The van der Waals surface area contributed by atoms with Gasteiger partial charge in [0.15, 0.2) is 11.5 Å². The number of likely N-dealkylation sites (tertiary alicyclic amines) is 1. The minimum absolute atomic E-state index is 0.0753. The number of ether oxygens (including phenoxy) is 2. The summed E-state index contributed by atoms with van der Waals surface area (Å²) in [5.41, 5.74) is 9.40. The number of fused-ring (bicyclic) bond motifs is 1. The number of nitrogens with two attached hydrogens (primary N) is 1. The number of hydrogen-bond donors (Lipinski definition) is 1. The van der Waals surface area contributed by atoms with Crippen molar-refractivity contribution in [2.24, 2.45) is 5.73 Å². The van der Waals surface area contributed by atoms with Crippen LogP contribution in [0.3, 0.4) is 0 Å². The highest BCUT2D eigenvalue weighted by atomic mass is 16.5. The normalized spacial score (nSPS) is 24.4. The van der Waals surface area contributed by atoms with E-state index in [1.165, 1.54) is 11.1 Å². The van der Waals surface area contributed by atoms with Crippen molar-refractivity contribution in [3.63, 3.8) is 0 Å². The Morgan fingerprint density at radius 2 is 2.07 bits per heavy atom. The minimum Gasteiger partial charge on any atom is -0.490 e. The Bertz CT molecular complexity index is 876. The van der Waals surface area contributed by atoms with Crippen molar-refractivity contribution in [2.75, 3.05) is 19.7 Å². The van der Waals surface area contributed by atoms with Gasteiger partial charge in [-0.2, -0.15) is 5.26 Å². The van der Waals surface area contributed by atoms with Gasteiger partial charge in [0.2, 0.25) is 0 Å². The Morgan fingerprint density at radius 3 is 2.86 bits per heavy atom. The van der Waals surface area contributed by atoms with E-state index in [9.17, 15) is 5.26 Å². The van der Waals surface area contributed by atoms with Crippen molar-refractivity contribution >= 4 is 0 Å². The first-order valence-electron chi connectivity index (χ1n) is 10.1. The molecule has 28 heavy (non-hydrogen) atoms. The fraction of sp³-hybridized carbons (Fsp3) is 0.435. The molecule has 4 rings (SSSR count). The maximum Gasteiger partial charge on any atom is 0.162 e. The van der Waals surface area contributed by atoms with Gasteiger partial charge in [-0.15, -0.1) is 0 Å². The Hall–Kier alpha value is -2.55. The molecule has 0 aromatic heterocycles. The molecule has 0 spiro atoms. The molecule has 3 atom stereocenters. The summed E-state index contributed by atoms with van der Waals surface area (Å²) in [5.74, 6) is 1.31. The fourth-order valence-electron chi connectivity index (χ4n) is 4.42. The van der Waals surface area contributed by atoms with E-state index in [1.54, 1.807) is 12.1 Å². The maximum absolute atomic E-state index is 9.21. The first-order chi connectivity index (χ1) is 13.7. The standard InChI is InChI=1S/C23H27N3O2/c1-2-27-22-12-16(14-24)9-10-21(22)28-23-19-8-4-3-6-17(19)13-20(23)26-11-5-7-18(25)15-26/h3-4,6,8-10,12,18,20,23H,2,5,7,11,13,15,25H2,1H3/t18?,20-,23-/m1/s1. The molecular weight excluding hydrogens is 350 g/mol. The molecule has 1 fully saturated rings. The van der Waals surface area contributed by atoms with Crippen LogP contribution in [0.4, 0.5) is 0 Å². The lowest BCUT2D eigenvalue weighted by Crippen LogP contribution is -2.49. The van der Waals surface area contributed by atoms with E-state index < -0.39 is 0 Å². The van der Waals surface area contributed by atoms with E-state index in [4.69, 9.17) is 15.2 Å². The predicted molar refractivity (Wildman–Crippen MR) is 108 cm³/mol. The molecule has 1 aliphatic carbocycles. The topological polar surface area (TPSA) is 71.5 Å². The number of rotatable bonds is 5. The Kier molecular flexibility index (Phi) is 5.52. The van der Waals surface area contributed by atoms with Crippen molar-refractivity contribution in [1.29, 1.82) is 5.26 Å². The first kappa shape index (κ1) is 18.8. The van der Waals surface area contributed by atoms with Gasteiger partial charge < -0.3 is 15.2 Å². The highest BCUT2D eigenvalue weighted by Crippen LogP contribution is 2.41. The van der Waals surface area contributed by atoms with Crippen LogP contribution in [0, 0.1) is 11.3 Å². The molecule has 0 amide bonds. The summed E-state index contributed by atoms with van der Waals surface area (Å²) in [7, 11) is 0. The van der Waals surface area contributed by atoms with Crippen molar-refractivity contribution in [3.05, 3.63) is 59.2 Å². The van der Waals surface area contributed by atoms with Gasteiger partial charge in [-0.3, -0.25) is 4.90 Å². The van der Waals surface area contributed by atoms with E-state index in [0.717, 1.165) is 32.4 Å². The lowest BCUT2D eigenvalue weighted by Gasteiger charge is -2.38. The van der Waals surface area contributed by atoms with Gasteiger partial charge in [0.05, 0.1) is 24.3 Å². The fourth-order valence-corrected chi connectivity index (χ4v) is 4.42. The monoisotopic (exact) mass is 377 g/mol. The molecule has 2 aromatic carbocycles. The second kappa shape index (κ2) is 8.22. The Morgan fingerprint density at radius 1 is 1.21 bits per heavy atom. The molecule has 1 aliphatic heterocycles. The summed E-state index contributed by atoms with van der Waals surface area (Å²) in [4.78, 5) is 2.49. The van der Waals surface area contributed by atoms with Crippen LogP contribution in [0.5, 0.6) is 11.5 Å². The summed E-state index contributed by atoms with van der Waals surface area (Å²) in [6.45, 7) is 4.42. The summed E-state index contributed by atoms with van der Waals surface area (Å²) in [5, 5.41) is 9.21. The van der Waals surface area contributed by atoms with Gasteiger partial charge in [0.1, 0.15) is 6.10 Å². The average Bonchev–Trinajstić information content (AvgIpc) is 3.08. The van der Waals surface area contributed by atoms with Gasteiger partial charge in [0.25, 0.3) is 0 Å². The Balaban J connectivity index is 1.66. The quantitative estimate of drug-likeness (QED) is 0.864. The highest BCUT2D eigenvalue weighted by molar-refractivity contribution is 5.48. The zero-order chi connectivity index (χ0) is 19.5. The molecule has 1 heterocycles. The van der Waals surface area contributed by atoms with Crippen LogP contribution in [0.15, 0.2) is 42.5 Å². The smallest absolute Gasteiger partial charge is 0.162 e. The third kappa shape index (κ3) is 3.71. The van der Waals surface area contributed by atoms with Gasteiger partial charge in [-0.05, 0) is 56.0 Å². The minimum atomic E-state index is -0.0753. The van der Waals surface area contributed by atoms with E-state index in [2.05, 4.69) is 35.2 Å². The van der Waals surface area contributed by atoms with Crippen molar-refractivity contribution in [1.82, 2.24) is 4.90 Å². The molecule has 1 saturated heterocycles. The lowest BCUT2D eigenvalue weighted by atomic mass is 10.0. The van der Waals surface area contributed by atoms with Crippen LogP contribution in [-0.2, 0) is 6.42 Å². The summed E-state index contributed by atoms with van der Waals surface area (Å²) in [6.07, 6.45) is 3.11. The zero-order valence-electron chi connectivity index (χ0n) is 16.3. The van der Waals surface area contributed by atoms with Crippen molar-refractivity contribution in [2.45, 2.75) is 44.4 Å². The van der Waals surface area contributed by atoms with Crippen LogP contribution >= 0.6 is 0 Å². The molecular formula is C23H27N3O2. The SMILES string of the molecule is CCOc1cc(C#N)ccc1O[C@@H]1c2ccccc2C[C@H]1N1CCCC(N)C1. The molecule has 0 bridgehead atoms. The van der Waals surface area contributed by atoms with Crippen LogP contribution < -0.4 is 15.2 Å².